The van der Waals surface area contributed by atoms with Gasteiger partial charge in [0.2, 0.25) is 5.91 Å². The first kappa shape index (κ1) is 25.0. The molecule has 0 unspecified atom stereocenters. The van der Waals surface area contributed by atoms with Crippen molar-refractivity contribution in [3.05, 3.63) is 107 Å². The molecule has 8 heteroatoms. The number of halogens is 1. The molecular weight excluding hydrogens is 466 g/mol. The number of nitrogens with one attached hydrogen (secondary N) is 3. The summed E-state index contributed by atoms with van der Waals surface area (Å²) in [7, 11) is 0. The Bertz CT molecular complexity index is 1230. The van der Waals surface area contributed by atoms with Gasteiger partial charge in [-0.3, -0.25) is 15.6 Å². The number of allylic oxidation sites excluding steroid dienone is 1. The second kappa shape index (κ2) is 12.0. The fourth-order valence-corrected chi connectivity index (χ4v) is 4.15. The zero-order valence-electron chi connectivity index (χ0n) is 18.3. The average molecular weight is 490 g/mol. The molecule has 172 valence electrons. The predicted octanol–water partition coefficient (Wildman–Crippen LogP) is 5.95. The van der Waals surface area contributed by atoms with E-state index in [-0.39, 0.29) is 29.0 Å². The Kier molecular flexibility index (Phi) is 8.79. The summed E-state index contributed by atoms with van der Waals surface area (Å²) < 4.78 is 0. The standard InChI is InChI=1S/C26H24ClN5OS/c27-22-8-4-5-18(13-22)17-32(23-11-9-19(10-12-23)21(15-28)16-29)25(33)14-24(30)34-26(31)20-6-2-1-3-7-20/h1-13,15-16,28,30-31H,14,17,29H2/b21-16+,28-15?,30-24?,31-26?. The first-order valence-corrected chi connectivity index (χ1v) is 11.6. The van der Waals surface area contributed by atoms with E-state index in [1.54, 1.807) is 53.4 Å². The lowest BCUT2D eigenvalue weighted by molar-refractivity contribution is -0.117. The molecule has 5 N–H and O–H groups in total. The molecule has 6 nitrogen and oxygen atoms in total. The van der Waals surface area contributed by atoms with Gasteiger partial charge in [-0.25, -0.2) is 0 Å². The number of anilines is 1. The molecule has 0 spiro atoms. The number of carbonyl (C=O) groups excluding carboxylic acids is 1. The van der Waals surface area contributed by atoms with Gasteiger partial charge in [-0.1, -0.05) is 78.0 Å². The molecule has 1 amide bonds. The third kappa shape index (κ3) is 6.66. The van der Waals surface area contributed by atoms with E-state index in [1.807, 2.05) is 30.3 Å². The normalized spacial score (nSPS) is 11.0. The number of carbonyl (C=O) groups is 1. The van der Waals surface area contributed by atoms with Gasteiger partial charge in [0, 0.05) is 34.3 Å². The highest BCUT2D eigenvalue weighted by Gasteiger charge is 2.20. The van der Waals surface area contributed by atoms with E-state index in [1.165, 1.54) is 12.4 Å². The van der Waals surface area contributed by atoms with Gasteiger partial charge in [0.05, 0.1) is 18.0 Å². The third-order valence-electron chi connectivity index (χ3n) is 4.95. The van der Waals surface area contributed by atoms with E-state index < -0.39 is 0 Å². The van der Waals surface area contributed by atoms with E-state index in [9.17, 15) is 4.79 Å². The molecule has 0 aliphatic carbocycles. The van der Waals surface area contributed by atoms with Gasteiger partial charge in [-0.2, -0.15) is 0 Å². The second-order valence-corrected chi connectivity index (χ2v) is 8.86. The van der Waals surface area contributed by atoms with Crippen LogP contribution in [0.25, 0.3) is 5.57 Å². The lowest BCUT2D eigenvalue weighted by Crippen LogP contribution is -2.31. The van der Waals surface area contributed by atoms with Gasteiger partial charge in [-0.15, -0.1) is 0 Å². The summed E-state index contributed by atoms with van der Waals surface area (Å²) in [5.41, 5.74) is 9.10. The monoisotopic (exact) mass is 489 g/mol. The van der Waals surface area contributed by atoms with Crippen LogP contribution < -0.4 is 10.6 Å². The number of rotatable bonds is 8. The van der Waals surface area contributed by atoms with Crippen molar-refractivity contribution in [2.24, 2.45) is 5.73 Å². The molecule has 34 heavy (non-hydrogen) atoms. The molecule has 0 aliphatic rings. The number of hydrogen-bond donors (Lipinski definition) is 4. The van der Waals surface area contributed by atoms with Crippen molar-refractivity contribution >= 4 is 56.8 Å². The Morgan fingerprint density at radius 2 is 1.68 bits per heavy atom. The maximum atomic E-state index is 13.3. The molecule has 0 saturated carbocycles. The highest BCUT2D eigenvalue weighted by molar-refractivity contribution is 8.26. The van der Waals surface area contributed by atoms with Crippen molar-refractivity contribution in [2.75, 3.05) is 4.90 Å². The molecule has 0 fully saturated rings. The van der Waals surface area contributed by atoms with Gasteiger partial charge in [-0.05, 0) is 35.4 Å². The van der Waals surface area contributed by atoms with Crippen molar-refractivity contribution in [3.8, 4) is 0 Å². The van der Waals surface area contributed by atoms with Crippen molar-refractivity contribution in [3.63, 3.8) is 0 Å². The van der Waals surface area contributed by atoms with Crippen molar-refractivity contribution in [1.82, 2.24) is 0 Å². The summed E-state index contributed by atoms with van der Waals surface area (Å²) in [5, 5.41) is 24.9. The van der Waals surface area contributed by atoms with Crippen LogP contribution in [-0.4, -0.2) is 22.2 Å². The Balaban J connectivity index is 1.81. The number of hydrogen-bond acceptors (Lipinski definition) is 6. The Morgan fingerprint density at radius 3 is 2.29 bits per heavy atom. The lowest BCUT2D eigenvalue weighted by Gasteiger charge is -2.24. The minimum Gasteiger partial charge on any atom is -0.404 e. The zero-order chi connectivity index (χ0) is 24.5. The topological polar surface area (TPSA) is 118 Å². The molecule has 0 saturated heterocycles. The number of nitrogens with two attached hydrogens (primary N) is 1. The maximum absolute atomic E-state index is 13.3. The summed E-state index contributed by atoms with van der Waals surface area (Å²) >= 11 is 7.10. The minimum atomic E-state index is -0.271. The predicted molar refractivity (Wildman–Crippen MR) is 143 cm³/mol. The molecule has 0 bridgehead atoms. The van der Waals surface area contributed by atoms with Crippen LogP contribution in [0.1, 0.15) is 23.1 Å². The zero-order valence-corrected chi connectivity index (χ0v) is 19.9. The molecule has 0 aromatic heterocycles. The molecule has 0 radical (unpaired) electrons. The largest absolute Gasteiger partial charge is 0.404 e. The first-order valence-electron chi connectivity index (χ1n) is 10.4. The van der Waals surface area contributed by atoms with E-state index in [4.69, 9.17) is 33.6 Å². The van der Waals surface area contributed by atoms with Crippen LogP contribution in [0.4, 0.5) is 5.69 Å². The summed E-state index contributed by atoms with van der Waals surface area (Å²) in [6.07, 6.45) is 2.39. The molecular formula is C26H24ClN5OS. The summed E-state index contributed by atoms with van der Waals surface area (Å²) in [6.45, 7) is 0.275. The first-order chi connectivity index (χ1) is 16.4. The molecule has 0 heterocycles. The van der Waals surface area contributed by atoms with E-state index >= 15 is 0 Å². The third-order valence-corrected chi connectivity index (χ3v) is 6.02. The fraction of sp³-hybridized carbons (Fsp3) is 0.0769. The summed E-state index contributed by atoms with van der Waals surface area (Å²) in [5.74, 6) is -0.271. The van der Waals surface area contributed by atoms with Crippen LogP contribution in [0.5, 0.6) is 0 Å². The van der Waals surface area contributed by atoms with Crippen molar-refractivity contribution in [2.45, 2.75) is 13.0 Å². The van der Waals surface area contributed by atoms with Gasteiger partial charge >= 0.3 is 0 Å². The Morgan fingerprint density at radius 1 is 0.971 bits per heavy atom. The number of thioether (sulfide) groups is 1. The molecule has 0 aliphatic heterocycles. The average Bonchev–Trinajstić information content (AvgIpc) is 2.84. The van der Waals surface area contributed by atoms with Crippen LogP contribution in [0.3, 0.4) is 0 Å². The Labute approximate surface area is 208 Å². The van der Waals surface area contributed by atoms with Gasteiger partial charge in [0.1, 0.15) is 5.04 Å². The van der Waals surface area contributed by atoms with E-state index in [2.05, 4.69) is 0 Å². The van der Waals surface area contributed by atoms with Crippen molar-refractivity contribution < 1.29 is 4.79 Å². The smallest absolute Gasteiger partial charge is 0.233 e. The van der Waals surface area contributed by atoms with Crippen LogP contribution in [0, 0.1) is 16.2 Å². The SMILES string of the molecule is N=C/C(=C\N)c1ccc(N(Cc2cccc(Cl)c2)C(=O)CC(=N)SC(=N)c2ccccc2)cc1. The van der Waals surface area contributed by atoms with Gasteiger partial charge < -0.3 is 16.0 Å². The van der Waals surface area contributed by atoms with E-state index in [0.717, 1.165) is 22.9 Å². The fourth-order valence-electron chi connectivity index (χ4n) is 3.24. The molecule has 3 aromatic carbocycles. The van der Waals surface area contributed by atoms with Gasteiger partial charge in [0.25, 0.3) is 0 Å². The highest BCUT2D eigenvalue weighted by Crippen LogP contribution is 2.24. The van der Waals surface area contributed by atoms with Crippen LogP contribution in [0.15, 0.2) is 85.1 Å². The number of amides is 1. The van der Waals surface area contributed by atoms with E-state index in [0.29, 0.717) is 21.8 Å². The van der Waals surface area contributed by atoms with Crippen molar-refractivity contribution in [1.29, 1.82) is 16.2 Å². The van der Waals surface area contributed by atoms with Crippen LogP contribution in [0.2, 0.25) is 5.02 Å². The molecule has 3 rings (SSSR count). The maximum Gasteiger partial charge on any atom is 0.233 e. The highest BCUT2D eigenvalue weighted by atomic mass is 35.5. The Hall–Kier alpha value is -3.68. The number of nitrogens with zero attached hydrogens (tertiary/aromatic N) is 1. The minimum absolute atomic E-state index is 0.0868. The summed E-state index contributed by atoms with van der Waals surface area (Å²) in [4.78, 5) is 14.9. The molecule has 3 aromatic rings. The summed E-state index contributed by atoms with van der Waals surface area (Å²) in [6, 6.07) is 23.6. The number of benzene rings is 3. The lowest BCUT2D eigenvalue weighted by atomic mass is 10.1. The van der Waals surface area contributed by atoms with Gasteiger partial charge in [0.15, 0.2) is 0 Å². The second-order valence-electron chi connectivity index (χ2n) is 7.32. The molecule has 0 atom stereocenters. The van der Waals surface area contributed by atoms with Crippen LogP contribution in [-0.2, 0) is 11.3 Å². The van der Waals surface area contributed by atoms with Crippen LogP contribution >= 0.6 is 23.4 Å². The quantitative estimate of drug-likeness (QED) is 0.231.